The number of benzene rings is 1. The summed E-state index contributed by atoms with van der Waals surface area (Å²) in [6.07, 6.45) is 0. The van der Waals surface area contributed by atoms with Crippen LogP contribution in [0.1, 0.15) is 11.1 Å². The smallest absolute Gasteiger partial charge is 0.243 e. The summed E-state index contributed by atoms with van der Waals surface area (Å²) in [7, 11) is -2.52. The van der Waals surface area contributed by atoms with Gasteiger partial charge in [-0.25, -0.2) is 21.9 Å². The molecule has 1 aromatic heterocycles. The first-order valence-electron chi connectivity index (χ1n) is 6.08. The lowest BCUT2D eigenvalue weighted by atomic mass is 10.2. The Bertz CT molecular complexity index is 716. The monoisotopic (exact) mass is 332 g/mol. The average Bonchev–Trinajstić information content (AvgIpc) is 2.94. The van der Waals surface area contributed by atoms with E-state index in [1.165, 1.54) is 18.4 Å². The van der Waals surface area contributed by atoms with Crippen molar-refractivity contribution in [1.82, 2.24) is 10.0 Å². The third-order valence-corrected chi connectivity index (χ3v) is 4.99. The maximum Gasteiger partial charge on any atom is 0.243 e. The normalized spacial score (nSPS) is 11.8. The summed E-state index contributed by atoms with van der Waals surface area (Å²) in [4.78, 5) is -0.552. The van der Waals surface area contributed by atoms with Crippen molar-refractivity contribution in [2.75, 3.05) is 7.05 Å². The van der Waals surface area contributed by atoms with E-state index < -0.39 is 26.6 Å². The molecule has 114 valence electrons. The van der Waals surface area contributed by atoms with Crippen molar-refractivity contribution in [3.63, 3.8) is 0 Å². The molecule has 4 nitrogen and oxygen atoms in total. The van der Waals surface area contributed by atoms with E-state index in [1.807, 2.05) is 5.38 Å². The highest BCUT2D eigenvalue weighted by Gasteiger charge is 2.23. The Labute approximate surface area is 125 Å². The lowest BCUT2D eigenvalue weighted by Crippen LogP contribution is -2.25. The fourth-order valence-electron chi connectivity index (χ4n) is 1.77. The van der Waals surface area contributed by atoms with Gasteiger partial charge in [0.05, 0.1) is 0 Å². The molecule has 0 aliphatic carbocycles. The van der Waals surface area contributed by atoms with Crippen LogP contribution in [0.25, 0.3) is 0 Å². The first-order chi connectivity index (χ1) is 9.95. The molecule has 1 heterocycles. The van der Waals surface area contributed by atoms with E-state index in [9.17, 15) is 17.2 Å². The molecule has 1 aromatic carbocycles. The Kier molecular flexibility index (Phi) is 5.04. The van der Waals surface area contributed by atoms with Crippen LogP contribution in [0, 0.1) is 11.6 Å². The second-order valence-corrected chi connectivity index (χ2v) is 6.84. The maximum absolute atomic E-state index is 14.2. The molecule has 2 aromatic rings. The van der Waals surface area contributed by atoms with Crippen LogP contribution in [0.4, 0.5) is 8.78 Å². The number of hydrogen-bond acceptors (Lipinski definition) is 4. The zero-order valence-corrected chi connectivity index (χ0v) is 12.8. The van der Waals surface area contributed by atoms with E-state index in [0.717, 1.165) is 17.7 Å². The molecule has 0 saturated heterocycles. The zero-order chi connectivity index (χ0) is 15.5. The predicted octanol–water partition coefficient (Wildman–Crippen LogP) is 2.22. The van der Waals surface area contributed by atoms with Crippen molar-refractivity contribution in [3.05, 3.63) is 51.7 Å². The van der Waals surface area contributed by atoms with Crippen LogP contribution in [0.5, 0.6) is 0 Å². The van der Waals surface area contributed by atoms with Crippen LogP contribution >= 0.6 is 11.3 Å². The van der Waals surface area contributed by atoms with E-state index in [2.05, 4.69) is 10.0 Å². The molecule has 0 atom stereocenters. The Balaban J connectivity index is 2.29. The van der Waals surface area contributed by atoms with E-state index >= 15 is 0 Å². The fourth-order valence-corrected chi connectivity index (χ4v) is 3.56. The lowest BCUT2D eigenvalue weighted by Gasteiger charge is -2.11. The highest BCUT2D eigenvalue weighted by atomic mass is 32.2. The molecule has 0 unspecified atom stereocenters. The third-order valence-electron chi connectivity index (χ3n) is 2.84. The minimum Gasteiger partial charge on any atom is -0.315 e. The molecule has 0 spiro atoms. The van der Waals surface area contributed by atoms with Crippen molar-refractivity contribution in [3.8, 4) is 0 Å². The zero-order valence-electron chi connectivity index (χ0n) is 11.2. The lowest BCUT2D eigenvalue weighted by molar-refractivity contribution is 0.518. The first kappa shape index (κ1) is 16.0. The summed E-state index contributed by atoms with van der Waals surface area (Å²) in [5.74, 6) is -1.85. The second kappa shape index (κ2) is 6.61. The molecular weight excluding hydrogens is 318 g/mol. The highest BCUT2D eigenvalue weighted by Crippen LogP contribution is 2.21. The van der Waals surface area contributed by atoms with E-state index in [-0.39, 0.29) is 18.7 Å². The standard InChI is InChI=1S/C13H14F2N2O2S2/c1-16-7-10-11(14)2-3-12(13(10)15)21(18,19)17-6-9-4-5-20-8-9/h2-5,8,16-17H,6-7H2,1H3. The number of thiophene rings is 1. The summed E-state index contributed by atoms with van der Waals surface area (Å²) in [5.41, 5.74) is 0.484. The van der Waals surface area contributed by atoms with Gasteiger partial charge in [0, 0.05) is 18.7 Å². The average molecular weight is 332 g/mol. The Hall–Kier alpha value is -1.35. The number of sulfonamides is 1. The van der Waals surface area contributed by atoms with Crippen LogP contribution in [0.15, 0.2) is 33.9 Å². The molecule has 0 radical (unpaired) electrons. The number of rotatable bonds is 6. The Morgan fingerprint density at radius 1 is 1.19 bits per heavy atom. The van der Waals surface area contributed by atoms with Gasteiger partial charge in [-0.15, -0.1) is 0 Å². The SMILES string of the molecule is CNCc1c(F)ccc(S(=O)(=O)NCc2ccsc2)c1F. The minimum atomic E-state index is -4.04. The number of hydrogen-bond donors (Lipinski definition) is 2. The number of nitrogens with one attached hydrogen (secondary N) is 2. The molecule has 0 amide bonds. The molecule has 2 N–H and O–H groups in total. The molecular formula is C13H14F2N2O2S2. The van der Waals surface area contributed by atoms with Gasteiger partial charge in [-0.2, -0.15) is 11.3 Å². The van der Waals surface area contributed by atoms with Gasteiger partial charge in [-0.05, 0) is 41.6 Å². The van der Waals surface area contributed by atoms with Gasteiger partial charge in [0.1, 0.15) is 10.7 Å². The van der Waals surface area contributed by atoms with Crippen molar-refractivity contribution >= 4 is 21.4 Å². The van der Waals surface area contributed by atoms with Crippen LogP contribution < -0.4 is 10.0 Å². The van der Waals surface area contributed by atoms with Gasteiger partial charge in [0.25, 0.3) is 0 Å². The van der Waals surface area contributed by atoms with Gasteiger partial charge in [0.2, 0.25) is 10.0 Å². The van der Waals surface area contributed by atoms with E-state index in [4.69, 9.17) is 0 Å². The minimum absolute atomic E-state index is 0.0595. The van der Waals surface area contributed by atoms with E-state index in [1.54, 1.807) is 11.4 Å². The Morgan fingerprint density at radius 2 is 1.95 bits per heavy atom. The number of halogens is 2. The van der Waals surface area contributed by atoms with Crippen LogP contribution in [-0.4, -0.2) is 15.5 Å². The molecule has 21 heavy (non-hydrogen) atoms. The van der Waals surface area contributed by atoms with Crippen LogP contribution in [0.3, 0.4) is 0 Å². The molecule has 2 rings (SSSR count). The van der Waals surface area contributed by atoms with Crippen molar-refractivity contribution in [2.45, 2.75) is 18.0 Å². The summed E-state index contributed by atoms with van der Waals surface area (Å²) in [6.45, 7) is -0.0322. The third kappa shape index (κ3) is 3.65. The van der Waals surface area contributed by atoms with Gasteiger partial charge < -0.3 is 5.32 Å². The summed E-state index contributed by atoms with van der Waals surface area (Å²) in [5, 5.41) is 6.21. The summed E-state index contributed by atoms with van der Waals surface area (Å²) in [6, 6.07) is 3.65. The Morgan fingerprint density at radius 3 is 2.57 bits per heavy atom. The van der Waals surface area contributed by atoms with Crippen molar-refractivity contribution < 1.29 is 17.2 Å². The van der Waals surface area contributed by atoms with Crippen LogP contribution in [-0.2, 0) is 23.1 Å². The van der Waals surface area contributed by atoms with E-state index in [0.29, 0.717) is 0 Å². The topological polar surface area (TPSA) is 58.2 Å². The van der Waals surface area contributed by atoms with Gasteiger partial charge in [-0.1, -0.05) is 0 Å². The largest absolute Gasteiger partial charge is 0.315 e. The quantitative estimate of drug-likeness (QED) is 0.853. The van der Waals surface area contributed by atoms with Crippen LogP contribution in [0.2, 0.25) is 0 Å². The van der Waals surface area contributed by atoms with Gasteiger partial charge in [0.15, 0.2) is 5.82 Å². The van der Waals surface area contributed by atoms with Gasteiger partial charge >= 0.3 is 0 Å². The molecule has 0 fully saturated rings. The molecule has 0 bridgehead atoms. The maximum atomic E-state index is 14.2. The molecule has 8 heteroatoms. The van der Waals surface area contributed by atoms with Gasteiger partial charge in [-0.3, -0.25) is 0 Å². The summed E-state index contributed by atoms with van der Waals surface area (Å²) < 4.78 is 54.3. The van der Waals surface area contributed by atoms with Crippen molar-refractivity contribution in [1.29, 1.82) is 0 Å². The molecule has 0 aliphatic rings. The van der Waals surface area contributed by atoms with Crippen molar-refractivity contribution in [2.24, 2.45) is 0 Å². The molecule has 0 saturated carbocycles. The predicted molar refractivity (Wildman–Crippen MR) is 77.5 cm³/mol. The fraction of sp³-hybridized carbons (Fsp3) is 0.231. The second-order valence-electron chi connectivity index (χ2n) is 4.32. The first-order valence-corrected chi connectivity index (χ1v) is 8.50. The highest BCUT2D eigenvalue weighted by molar-refractivity contribution is 7.89. The summed E-state index contributed by atoms with van der Waals surface area (Å²) >= 11 is 1.43. The molecule has 0 aliphatic heterocycles.